The lowest BCUT2D eigenvalue weighted by Gasteiger charge is -2.17. The number of oxazole rings is 1. The molecule has 0 radical (unpaired) electrons. The molecule has 0 bridgehead atoms. The highest BCUT2D eigenvalue weighted by atomic mass is 32.2. The van der Waals surface area contributed by atoms with Crippen molar-refractivity contribution in [1.82, 2.24) is 10.3 Å². The van der Waals surface area contributed by atoms with Gasteiger partial charge in [-0.1, -0.05) is 30.3 Å². The molecule has 0 aliphatic rings. The van der Waals surface area contributed by atoms with Crippen molar-refractivity contribution in [1.29, 1.82) is 0 Å². The second kappa shape index (κ2) is 6.33. The number of nitrogens with one attached hydrogen (secondary N) is 1. The van der Waals surface area contributed by atoms with Gasteiger partial charge in [-0.05, 0) is 37.1 Å². The van der Waals surface area contributed by atoms with Crippen LogP contribution in [-0.2, 0) is 6.42 Å². The predicted octanol–water partition coefficient (Wildman–Crippen LogP) is 4.05. The third kappa shape index (κ3) is 2.96. The largest absolute Gasteiger partial charge is 0.441 e. The number of hydrogen-bond donors (Lipinski definition) is 1. The summed E-state index contributed by atoms with van der Waals surface area (Å²) < 4.78 is 5.84. The van der Waals surface area contributed by atoms with Crippen LogP contribution in [0, 0.1) is 0 Å². The van der Waals surface area contributed by atoms with E-state index in [1.165, 1.54) is 10.5 Å². The van der Waals surface area contributed by atoms with Gasteiger partial charge in [0.25, 0.3) is 0 Å². The molecule has 0 saturated carbocycles. The molecule has 1 aromatic heterocycles. The summed E-state index contributed by atoms with van der Waals surface area (Å²) in [6.07, 6.45) is 2.84. The highest BCUT2D eigenvalue weighted by Crippen LogP contribution is 2.28. The Kier molecular flexibility index (Phi) is 4.27. The van der Waals surface area contributed by atoms with Gasteiger partial charge in [-0.25, -0.2) is 4.98 Å². The summed E-state index contributed by atoms with van der Waals surface area (Å²) in [4.78, 5) is 5.85. The fourth-order valence-electron chi connectivity index (χ4n) is 2.50. The monoisotopic (exact) mass is 298 g/mol. The Bertz CT molecular complexity index is 705. The number of nitrogens with zero attached hydrogens (tertiary/aromatic N) is 1. The number of rotatable bonds is 5. The van der Waals surface area contributed by atoms with Gasteiger partial charge in [-0.15, -0.1) is 11.8 Å². The molecule has 0 amide bonds. The quantitative estimate of drug-likeness (QED) is 0.721. The number of aromatic nitrogens is 1. The Morgan fingerprint density at radius 2 is 1.90 bits per heavy atom. The SMILES string of the molecule is CNC(Cc1nc2ccccc2o1)c1ccccc1SC. The third-order valence-electron chi connectivity index (χ3n) is 3.58. The van der Waals surface area contributed by atoms with Crippen LogP contribution in [0.25, 0.3) is 11.1 Å². The number of thioether (sulfide) groups is 1. The molecule has 0 fully saturated rings. The van der Waals surface area contributed by atoms with Crippen LogP contribution in [0.4, 0.5) is 0 Å². The van der Waals surface area contributed by atoms with Crippen LogP contribution in [0.5, 0.6) is 0 Å². The smallest absolute Gasteiger partial charge is 0.197 e. The normalized spacial score (nSPS) is 12.7. The Balaban J connectivity index is 1.90. The number of likely N-dealkylation sites (N-methyl/N-ethyl adjacent to an activating group) is 1. The van der Waals surface area contributed by atoms with Crippen LogP contribution in [0.3, 0.4) is 0 Å². The zero-order valence-electron chi connectivity index (χ0n) is 12.2. The summed E-state index contributed by atoms with van der Waals surface area (Å²) >= 11 is 1.76. The van der Waals surface area contributed by atoms with Crippen molar-refractivity contribution in [2.75, 3.05) is 13.3 Å². The summed E-state index contributed by atoms with van der Waals surface area (Å²) in [6, 6.07) is 16.5. The minimum Gasteiger partial charge on any atom is -0.441 e. The van der Waals surface area contributed by atoms with Crippen molar-refractivity contribution < 1.29 is 4.42 Å². The molecule has 1 N–H and O–H groups in total. The van der Waals surface area contributed by atoms with Crippen molar-refractivity contribution in [3.05, 3.63) is 60.0 Å². The highest BCUT2D eigenvalue weighted by molar-refractivity contribution is 7.98. The van der Waals surface area contributed by atoms with Crippen LogP contribution in [0.2, 0.25) is 0 Å². The number of fused-ring (bicyclic) bond motifs is 1. The Labute approximate surface area is 128 Å². The predicted molar refractivity (Wildman–Crippen MR) is 87.7 cm³/mol. The molecule has 4 heteroatoms. The first-order chi connectivity index (χ1) is 10.3. The number of benzene rings is 2. The van der Waals surface area contributed by atoms with E-state index in [2.05, 4.69) is 40.8 Å². The second-order valence-corrected chi connectivity index (χ2v) is 5.71. The van der Waals surface area contributed by atoms with Gasteiger partial charge in [0, 0.05) is 17.4 Å². The Hall–Kier alpha value is -1.78. The lowest BCUT2D eigenvalue weighted by atomic mass is 10.0. The highest BCUT2D eigenvalue weighted by Gasteiger charge is 2.17. The fraction of sp³-hybridized carbons (Fsp3) is 0.235. The Morgan fingerprint density at radius 3 is 2.67 bits per heavy atom. The van der Waals surface area contributed by atoms with Crippen LogP contribution < -0.4 is 5.32 Å². The third-order valence-corrected chi connectivity index (χ3v) is 4.39. The van der Waals surface area contributed by atoms with Gasteiger partial charge in [0.15, 0.2) is 11.5 Å². The maximum atomic E-state index is 5.84. The summed E-state index contributed by atoms with van der Waals surface area (Å²) in [7, 11) is 1.98. The zero-order chi connectivity index (χ0) is 14.7. The molecular weight excluding hydrogens is 280 g/mol. The van der Waals surface area contributed by atoms with E-state index in [1.54, 1.807) is 11.8 Å². The maximum absolute atomic E-state index is 5.84. The van der Waals surface area contributed by atoms with E-state index in [0.29, 0.717) is 0 Å². The topological polar surface area (TPSA) is 38.1 Å². The summed E-state index contributed by atoms with van der Waals surface area (Å²) in [5.74, 6) is 0.770. The molecule has 1 heterocycles. The first kappa shape index (κ1) is 14.2. The average Bonchev–Trinajstić information content (AvgIpc) is 2.95. The summed E-state index contributed by atoms with van der Waals surface area (Å²) in [5.41, 5.74) is 3.05. The van der Waals surface area contributed by atoms with Gasteiger partial charge in [-0.3, -0.25) is 0 Å². The summed E-state index contributed by atoms with van der Waals surface area (Å²) in [6.45, 7) is 0. The summed E-state index contributed by atoms with van der Waals surface area (Å²) in [5, 5.41) is 3.37. The molecule has 108 valence electrons. The standard InChI is InChI=1S/C17H18N2OS/c1-18-14(12-7-3-6-10-16(12)21-2)11-17-19-13-8-4-5-9-15(13)20-17/h3-10,14,18H,11H2,1-2H3. The number of hydrogen-bond acceptors (Lipinski definition) is 4. The molecule has 3 rings (SSSR count). The zero-order valence-corrected chi connectivity index (χ0v) is 13.0. The van der Waals surface area contributed by atoms with E-state index < -0.39 is 0 Å². The van der Waals surface area contributed by atoms with Gasteiger partial charge in [0.2, 0.25) is 0 Å². The van der Waals surface area contributed by atoms with E-state index in [1.807, 2.05) is 31.3 Å². The molecule has 0 spiro atoms. The van der Waals surface area contributed by atoms with Gasteiger partial charge >= 0.3 is 0 Å². The molecule has 0 aliphatic carbocycles. The van der Waals surface area contributed by atoms with Gasteiger partial charge < -0.3 is 9.73 Å². The van der Waals surface area contributed by atoms with Crippen molar-refractivity contribution in [3.63, 3.8) is 0 Å². The molecular formula is C17H18N2OS. The first-order valence-corrected chi connectivity index (χ1v) is 8.19. The molecule has 3 nitrogen and oxygen atoms in total. The average molecular weight is 298 g/mol. The second-order valence-electron chi connectivity index (χ2n) is 4.86. The van der Waals surface area contributed by atoms with Gasteiger partial charge in [0.1, 0.15) is 5.52 Å². The molecule has 2 aromatic carbocycles. The van der Waals surface area contributed by atoms with Crippen LogP contribution in [0.1, 0.15) is 17.5 Å². The minimum absolute atomic E-state index is 0.196. The van der Waals surface area contributed by atoms with Crippen LogP contribution >= 0.6 is 11.8 Å². The van der Waals surface area contributed by atoms with E-state index >= 15 is 0 Å². The molecule has 0 saturated heterocycles. The molecule has 21 heavy (non-hydrogen) atoms. The van der Waals surface area contributed by atoms with Crippen molar-refractivity contribution in [2.45, 2.75) is 17.4 Å². The fourth-order valence-corrected chi connectivity index (χ4v) is 3.16. The van der Waals surface area contributed by atoms with E-state index in [4.69, 9.17) is 4.42 Å². The number of para-hydroxylation sites is 2. The van der Waals surface area contributed by atoms with E-state index in [-0.39, 0.29) is 6.04 Å². The molecule has 1 atom stereocenters. The minimum atomic E-state index is 0.196. The first-order valence-electron chi connectivity index (χ1n) is 6.96. The lowest BCUT2D eigenvalue weighted by Crippen LogP contribution is -2.19. The molecule has 0 aliphatic heterocycles. The van der Waals surface area contributed by atoms with Crippen LogP contribution in [-0.4, -0.2) is 18.3 Å². The Morgan fingerprint density at radius 1 is 1.14 bits per heavy atom. The maximum Gasteiger partial charge on any atom is 0.197 e. The molecule has 3 aromatic rings. The van der Waals surface area contributed by atoms with E-state index in [0.717, 1.165) is 23.4 Å². The van der Waals surface area contributed by atoms with E-state index in [9.17, 15) is 0 Å². The van der Waals surface area contributed by atoms with Gasteiger partial charge in [-0.2, -0.15) is 0 Å². The lowest BCUT2D eigenvalue weighted by molar-refractivity contribution is 0.471. The van der Waals surface area contributed by atoms with Crippen molar-refractivity contribution in [3.8, 4) is 0 Å². The molecule has 1 unspecified atom stereocenters. The van der Waals surface area contributed by atoms with Crippen LogP contribution in [0.15, 0.2) is 57.8 Å². The van der Waals surface area contributed by atoms with Crippen molar-refractivity contribution >= 4 is 22.9 Å². The van der Waals surface area contributed by atoms with Crippen molar-refractivity contribution in [2.24, 2.45) is 0 Å². The van der Waals surface area contributed by atoms with Gasteiger partial charge in [0.05, 0.1) is 0 Å².